The Balaban J connectivity index is 2.09. The van der Waals surface area contributed by atoms with E-state index in [4.69, 9.17) is 0 Å². The molecule has 0 saturated heterocycles. The Morgan fingerprint density at radius 2 is 1.92 bits per heavy atom. The third-order valence-electron chi connectivity index (χ3n) is 4.07. The summed E-state index contributed by atoms with van der Waals surface area (Å²) < 4.78 is 0. The van der Waals surface area contributed by atoms with E-state index in [2.05, 4.69) is 26.0 Å². The Morgan fingerprint density at radius 1 is 1.15 bits per heavy atom. The Kier molecular flexibility index (Phi) is 2.76. The maximum absolute atomic E-state index is 2.50. The average Bonchev–Trinajstić information content (AvgIpc) is 2.17. The van der Waals surface area contributed by atoms with Gasteiger partial charge in [0, 0.05) is 0 Å². The van der Waals surface area contributed by atoms with Gasteiger partial charge in [-0.2, -0.15) is 0 Å². The molecule has 0 aliphatic heterocycles. The average molecular weight is 178 g/mol. The van der Waals surface area contributed by atoms with Crippen molar-refractivity contribution in [2.24, 2.45) is 23.7 Å². The highest BCUT2D eigenvalue weighted by atomic mass is 14.4. The van der Waals surface area contributed by atoms with Gasteiger partial charge in [-0.05, 0) is 42.9 Å². The predicted octanol–water partition coefficient (Wildman–Crippen LogP) is 4.02. The third-order valence-corrected chi connectivity index (χ3v) is 4.07. The molecule has 0 heterocycles. The fraction of sp³-hybridized carbons (Fsp3) is 0.846. The molecular weight excluding hydrogens is 156 g/mol. The normalized spacial score (nSPS) is 39.2. The van der Waals surface area contributed by atoms with Crippen LogP contribution in [0.15, 0.2) is 12.2 Å². The van der Waals surface area contributed by atoms with Crippen LogP contribution >= 0.6 is 0 Å². The lowest BCUT2D eigenvalue weighted by Gasteiger charge is -2.40. The van der Waals surface area contributed by atoms with Gasteiger partial charge in [0.2, 0.25) is 0 Å². The van der Waals surface area contributed by atoms with Crippen LogP contribution in [-0.4, -0.2) is 0 Å². The van der Waals surface area contributed by atoms with E-state index in [1.807, 2.05) is 0 Å². The van der Waals surface area contributed by atoms with E-state index in [0.717, 1.165) is 23.7 Å². The van der Waals surface area contributed by atoms with Crippen LogP contribution in [0.3, 0.4) is 0 Å². The minimum atomic E-state index is 0.885. The van der Waals surface area contributed by atoms with E-state index >= 15 is 0 Å². The molecule has 2 rings (SSSR count). The molecule has 1 fully saturated rings. The molecule has 2 aliphatic carbocycles. The summed E-state index contributed by atoms with van der Waals surface area (Å²) in [6.45, 7) is 4.80. The van der Waals surface area contributed by atoms with E-state index in [1.54, 1.807) is 0 Å². The standard InChI is InChI=1S/C13H22/c1-10(2)12-9-5-7-11-6-3-4-8-13(11)12/h5,7,10-13H,3-4,6,8-9H2,1-2H3. The molecule has 0 spiro atoms. The smallest absolute Gasteiger partial charge is 0.0202 e. The summed E-state index contributed by atoms with van der Waals surface area (Å²) in [7, 11) is 0. The van der Waals surface area contributed by atoms with E-state index in [9.17, 15) is 0 Å². The first-order valence-corrected chi connectivity index (χ1v) is 5.95. The molecule has 0 N–H and O–H groups in total. The van der Waals surface area contributed by atoms with Gasteiger partial charge in [0.25, 0.3) is 0 Å². The van der Waals surface area contributed by atoms with Crippen LogP contribution in [0, 0.1) is 23.7 Å². The minimum absolute atomic E-state index is 0.885. The maximum atomic E-state index is 2.50. The van der Waals surface area contributed by atoms with Crippen molar-refractivity contribution in [3.8, 4) is 0 Å². The maximum Gasteiger partial charge on any atom is -0.0202 e. The second kappa shape index (κ2) is 3.86. The van der Waals surface area contributed by atoms with Crippen LogP contribution < -0.4 is 0 Å². The third kappa shape index (κ3) is 1.82. The summed E-state index contributed by atoms with van der Waals surface area (Å²) in [5.74, 6) is 3.83. The summed E-state index contributed by atoms with van der Waals surface area (Å²) >= 11 is 0. The zero-order valence-electron chi connectivity index (χ0n) is 9.00. The highest BCUT2D eigenvalue weighted by Crippen LogP contribution is 2.43. The second-order valence-electron chi connectivity index (χ2n) is 5.18. The molecule has 0 aromatic carbocycles. The van der Waals surface area contributed by atoms with Crippen LogP contribution in [0.2, 0.25) is 0 Å². The Hall–Kier alpha value is -0.260. The fourth-order valence-corrected chi connectivity index (χ4v) is 3.31. The second-order valence-corrected chi connectivity index (χ2v) is 5.18. The summed E-state index contributed by atoms with van der Waals surface area (Å²) in [4.78, 5) is 0. The van der Waals surface area contributed by atoms with Gasteiger partial charge in [-0.15, -0.1) is 0 Å². The van der Waals surface area contributed by atoms with Crippen LogP contribution in [0.4, 0.5) is 0 Å². The van der Waals surface area contributed by atoms with Crippen LogP contribution in [0.1, 0.15) is 46.0 Å². The molecule has 0 amide bonds. The highest BCUT2D eigenvalue weighted by Gasteiger charge is 2.33. The lowest BCUT2D eigenvalue weighted by molar-refractivity contribution is 0.144. The summed E-state index contributed by atoms with van der Waals surface area (Å²) in [5, 5.41) is 0. The summed E-state index contributed by atoms with van der Waals surface area (Å²) in [6.07, 6.45) is 12.2. The van der Waals surface area contributed by atoms with Crippen LogP contribution in [0.25, 0.3) is 0 Å². The molecule has 2 aliphatic rings. The Morgan fingerprint density at radius 3 is 2.69 bits per heavy atom. The van der Waals surface area contributed by atoms with E-state index in [-0.39, 0.29) is 0 Å². The Labute approximate surface area is 82.4 Å². The van der Waals surface area contributed by atoms with Crippen molar-refractivity contribution < 1.29 is 0 Å². The number of hydrogen-bond acceptors (Lipinski definition) is 0. The van der Waals surface area contributed by atoms with Crippen LogP contribution in [-0.2, 0) is 0 Å². The van der Waals surface area contributed by atoms with Gasteiger partial charge in [-0.1, -0.05) is 38.8 Å². The molecule has 74 valence electrons. The molecule has 3 unspecified atom stereocenters. The van der Waals surface area contributed by atoms with Crippen molar-refractivity contribution in [1.29, 1.82) is 0 Å². The molecule has 0 bridgehead atoms. The largest absolute Gasteiger partial charge is 0.0880 e. The topological polar surface area (TPSA) is 0 Å². The molecule has 0 heteroatoms. The molecule has 0 aromatic rings. The van der Waals surface area contributed by atoms with Gasteiger partial charge in [-0.25, -0.2) is 0 Å². The van der Waals surface area contributed by atoms with Crippen molar-refractivity contribution in [3.63, 3.8) is 0 Å². The van der Waals surface area contributed by atoms with E-state index < -0.39 is 0 Å². The number of rotatable bonds is 1. The lowest BCUT2D eigenvalue weighted by Crippen LogP contribution is -2.31. The first-order chi connectivity index (χ1) is 6.29. The predicted molar refractivity (Wildman–Crippen MR) is 57.5 cm³/mol. The number of hydrogen-bond donors (Lipinski definition) is 0. The molecular formula is C13H22. The van der Waals surface area contributed by atoms with Crippen molar-refractivity contribution in [1.82, 2.24) is 0 Å². The zero-order valence-corrected chi connectivity index (χ0v) is 9.00. The summed E-state index contributed by atoms with van der Waals surface area (Å²) in [6, 6.07) is 0. The van der Waals surface area contributed by atoms with Gasteiger partial charge in [-0.3, -0.25) is 0 Å². The van der Waals surface area contributed by atoms with Crippen molar-refractivity contribution in [2.75, 3.05) is 0 Å². The van der Waals surface area contributed by atoms with Gasteiger partial charge >= 0.3 is 0 Å². The van der Waals surface area contributed by atoms with Crippen molar-refractivity contribution >= 4 is 0 Å². The van der Waals surface area contributed by atoms with E-state index in [0.29, 0.717) is 0 Å². The molecule has 0 radical (unpaired) electrons. The zero-order chi connectivity index (χ0) is 9.26. The first kappa shape index (κ1) is 9.30. The summed E-state index contributed by atoms with van der Waals surface area (Å²) in [5.41, 5.74) is 0. The Bertz CT molecular complexity index is 190. The molecule has 1 saturated carbocycles. The van der Waals surface area contributed by atoms with E-state index in [1.165, 1.54) is 32.1 Å². The quantitative estimate of drug-likeness (QED) is 0.532. The minimum Gasteiger partial charge on any atom is -0.0880 e. The first-order valence-electron chi connectivity index (χ1n) is 5.95. The monoisotopic (exact) mass is 178 g/mol. The van der Waals surface area contributed by atoms with Crippen molar-refractivity contribution in [3.05, 3.63) is 12.2 Å². The van der Waals surface area contributed by atoms with Crippen molar-refractivity contribution in [2.45, 2.75) is 46.0 Å². The fourth-order valence-electron chi connectivity index (χ4n) is 3.31. The SMILES string of the molecule is CC(C)C1CC=CC2CCCCC21. The molecule has 0 aromatic heterocycles. The highest BCUT2D eigenvalue weighted by molar-refractivity contribution is 5.02. The van der Waals surface area contributed by atoms with Gasteiger partial charge in [0.05, 0.1) is 0 Å². The van der Waals surface area contributed by atoms with Gasteiger partial charge in [0.15, 0.2) is 0 Å². The van der Waals surface area contributed by atoms with Gasteiger partial charge in [0.1, 0.15) is 0 Å². The molecule has 0 nitrogen and oxygen atoms in total. The lowest BCUT2D eigenvalue weighted by atomic mass is 9.65. The van der Waals surface area contributed by atoms with Crippen LogP contribution in [0.5, 0.6) is 0 Å². The molecule has 3 atom stereocenters. The number of allylic oxidation sites excluding steroid dienone is 2. The molecule has 13 heavy (non-hydrogen) atoms. The van der Waals surface area contributed by atoms with Gasteiger partial charge < -0.3 is 0 Å². The number of fused-ring (bicyclic) bond motifs is 1.